The van der Waals surface area contributed by atoms with Gasteiger partial charge in [-0.1, -0.05) is 0 Å². The Bertz CT molecular complexity index is 4550. The van der Waals surface area contributed by atoms with E-state index >= 15 is 0 Å². The predicted octanol–water partition coefficient (Wildman–Crippen LogP) is -6.76. The van der Waals surface area contributed by atoms with Crippen molar-refractivity contribution in [2.24, 2.45) is 5.73 Å². The smallest absolute Gasteiger partial charge is 0.336 e. The lowest BCUT2D eigenvalue weighted by Gasteiger charge is -2.26. The van der Waals surface area contributed by atoms with E-state index in [2.05, 4.69) is 74.4 Å². The fourth-order valence-electron chi connectivity index (χ4n) is 11.1. The third-order valence-corrected chi connectivity index (χ3v) is 18.8. The van der Waals surface area contributed by atoms with E-state index < -0.39 is 252 Å². The molecule has 17 amide bonds. The van der Waals surface area contributed by atoms with E-state index in [1.165, 1.54) is 48.5 Å². The molecule has 117 heavy (non-hydrogen) atoms. The number of amides is 17. The van der Waals surface area contributed by atoms with Crippen molar-refractivity contribution in [3.8, 4) is 28.2 Å². The minimum Gasteiger partial charge on any atom is -0.508 e. The number of fused-ring (bicyclic) bond motifs is 2. The molecule has 0 bridgehead atoms. The molecule has 1 aliphatic carbocycles. The quantitative estimate of drug-likeness (QED) is 0.0145. The Morgan fingerprint density at radius 3 is 1.51 bits per heavy atom. The van der Waals surface area contributed by atoms with Gasteiger partial charge in [-0.05, 0) is 116 Å². The highest BCUT2D eigenvalue weighted by Gasteiger charge is 2.41. The Morgan fingerprint density at radius 1 is 0.513 bits per heavy atom. The molecule has 14 atom stereocenters. The third-order valence-electron chi connectivity index (χ3n) is 17.5. The third kappa shape index (κ3) is 28.1. The van der Waals surface area contributed by atoms with Crippen molar-refractivity contribution in [3.05, 3.63) is 75.9 Å². The van der Waals surface area contributed by atoms with Crippen LogP contribution in [0, 0.1) is 0 Å². The van der Waals surface area contributed by atoms with Gasteiger partial charge in [0.25, 0.3) is 5.91 Å². The minimum absolute atomic E-state index is 0.00801. The second-order valence-electron chi connectivity index (χ2n) is 27.1. The lowest BCUT2D eigenvalue weighted by Crippen LogP contribution is -2.60. The summed E-state index contributed by atoms with van der Waals surface area (Å²) >= 11 is 0.682. The number of primary amides is 1. The zero-order valence-electron chi connectivity index (χ0n) is 64.4. The Hall–Kier alpha value is -13.2. The molecule has 0 aromatic heterocycles. The van der Waals surface area contributed by atoms with E-state index in [4.69, 9.17) is 20.4 Å². The van der Waals surface area contributed by atoms with E-state index in [1.54, 1.807) is 0 Å². The maximum Gasteiger partial charge on any atom is 0.336 e. The second-order valence-corrected chi connectivity index (χ2v) is 28.3. The summed E-state index contributed by atoms with van der Waals surface area (Å²) in [7, 11) is 0. The van der Waals surface area contributed by atoms with Crippen molar-refractivity contribution in [1.29, 1.82) is 0 Å². The van der Waals surface area contributed by atoms with Crippen LogP contribution in [-0.2, 0) is 86.3 Å². The summed E-state index contributed by atoms with van der Waals surface area (Å²) in [5.74, 6) is -21.5. The molecule has 1 unspecified atom stereocenters. The average Bonchev–Trinajstić information content (AvgIpc) is 1.11. The number of thioether (sulfide) groups is 1. The van der Waals surface area contributed by atoms with Crippen LogP contribution in [0.1, 0.15) is 115 Å². The average molecular weight is 1660 g/mol. The molecule has 2 aromatic rings. The van der Waals surface area contributed by atoms with Crippen LogP contribution >= 0.6 is 11.8 Å². The fraction of sp³-hybridized carbons (Fsp3) is 0.458. The number of phenols is 1. The number of aliphatic hydroxyl groups excluding tert-OH is 2. The molecule has 45 heteroatoms. The summed E-state index contributed by atoms with van der Waals surface area (Å²) in [6.45, 7) is 7.72. The van der Waals surface area contributed by atoms with E-state index in [0.29, 0.717) is 17.1 Å². The molecule has 1 saturated heterocycles. The number of likely N-dealkylation sites (tertiary alicyclic amines) is 1. The minimum atomic E-state index is -1.76. The van der Waals surface area contributed by atoms with Crippen LogP contribution in [0.3, 0.4) is 0 Å². The number of aliphatic carboxylic acids is 2. The van der Waals surface area contributed by atoms with Gasteiger partial charge < -0.3 is 115 Å². The maximum atomic E-state index is 14.3. The molecule has 0 saturated carbocycles. The molecule has 2 aromatic carbocycles. The van der Waals surface area contributed by atoms with E-state index in [0.717, 1.165) is 73.3 Å². The number of phenolic OH excluding ortho intramolecular Hbond substituents is 1. The zero-order chi connectivity index (χ0) is 87.7. The van der Waals surface area contributed by atoms with Crippen LogP contribution in [0.2, 0.25) is 0 Å². The second kappa shape index (κ2) is 43.3. The first kappa shape index (κ1) is 94.4. The van der Waals surface area contributed by atoms with Crippen molar-refractivity contribution in [1.82, 2.24) is 79.3 Å². The molecule has 2 heterocycles. The van der Waals surface area contributed by atoms with Crippen LogP contribution in [0.25, 0.3) is 33.4 Å². The lowest BCUT2D eigenvalue weighted by molar-refractivity contribution is -0.139. The number of aliphatic hydroxyl groups is 2. The Morgan fingerprint density at radius 2 is 1.00 bits per heavy atom. The monoisotopic (exact) mass is 1660 g/mol. The van der Waals surface area contributed by atoms with Gasteiger partial charge in [0.05, 0.1) is 36.1 Å². The lowest BCUT2D eigenvalue weighted by atomic mass is 9.89. The molecule has 1 fully saturated rings. The first-order valence-corrected chi connectivity index (χ1v) is 37.1. The normalized spacial score (nSPS) is 15.8. The van der Waals surface area contributed by atoms with Gasteiger partial charge in [0.1, 0.15) is 83.6 Å². The SMILES string of the molecule is CC(=O)N[C@H](CCC(=O)O)C(=O)NCC(=O)N[C@@H](C(=O)N[C@H](C)C(=O)N[C@H](C)C(=O)N[C@H](C)C(=O)N[C@H](CSC1CC(=O)N(CCNC(=O)c2ccc(C(=O)O)c(-c3c4ccc(=O)cc-4oc4cc(O)ccc34)c2)C1=O)C(=O)N[C@H](C)C(=O)N[C@H](C)C(=O)N[C@H](C)C(=O)N[C@@H](C(=O)NCC(=O)N[C@H](CCC(=O)O)C(N)=O)[C@H](C)O)[C@H](C)O. The summed E-state index contributed by atoms with van der Waals surface area (Å²) in [6.07, 6.45) is -5.53. The number of rotatable bonds is 43. The number of benzene rings is 3. The summed E-state index contributed by atoms with van der Waals surface area (Å²) in [6, 6.07) is -5.78. The molecule has 634 valence electrons. The number of carbonyl (C=O) groups excluding carboxylic acids is 17. The number of nitrogens with two attached hydrogens (primary N) is 1. The number of nitrogens with zero attached hydrogens (tertiary/aromatic N) is 1. The molecule has 3 aliphatic rings. The van der Waals surface area contributed by atoms with Crippen molar-refractivity contribution in [3.63, 3.8) is 0 Å². The molecule has 0 radical (unpaired) electrons. The van der Waals surface area contributed by atoms with E-state index in [-0.39, 0.29) is 64.3 Å². The number of carbonyl (C=O) groups is 20. The van der Waals surface area contributed by atoms with E-state index in [9.17, 15) is 121 Å². The van der Waals surface area contributed by atoms with Crippen molar-refractivity contribution >= 4 is 141 Å². The number of hydrogen-bond acceptors (Lipinski definition) is 26. The number of carboxylic acids is 3. The van der Waals surface area contributed by atoms with Gasteiger partial charge in [-0.15, -0.1) is 11.8 Å². The van der Waals surface area contributed by atoms with Gasteiger partial charge in [-0.2, -0.15) is 0 Å². The highest BCUT2D eigenvalue weighted by Crippen LogP contribution is 2.42. The van der Waals surface area contributed by atoms with Crippen molar-refractivity contribution < 1.29 is 131 Å². The van der Waals surface area contributed by atoms with Crippen LogP contribution in [0.5, 0.6) is 5.75 Å². The van der Waals surface area contributed by atoms with Gasteiger partial charge in [0, 0.05) is 79.2 Å². The van der Waals surface area contributed by atoms with Gasteiger partial charge in [0.15, 0.2) is 5.43 Å². The van der Waals surface area contributed by atoms with E-state index in [1.807, 2.05) is 0 Å². The van der Waals surface area contributed by atoms with Crippen LogP contribution in [0.15, 0.2) is 63.8 Å². The number of nitrogens with one attached hydrogen (secondary N) is 14. The van der Waals surface area contributed by atoms with Crippen LogP contribution in [-0.4, -0.2) is 270 Å². The largest absolute Gasteiger partial charge is 0.508 e. The maximum absolute atomic E-state index is 14.3. The molecule has 2 aliphatic heterocycles. The van der Waals surface area contributed by atoms with Gasteiger partial charge in [-0.3, -0.25) is 101 Å². The summed E-state index contributed by atoms with van der Waals surface area (Å²) in [5.41, 5.74) is 5.00. The summed E-state index contributed by atoms with van der Waals surface area (Å²) in [5, 5.41) is 90.2. The Labute approximate surface area is 668 Å². The molecular weight excluding hydrogens is 1570 g/mol. The summed E-state index contributed by atoms with van der Waals surface area (Å²) in [4.78, 5) is 272. The highest BCUT2D eigenvalue weighted by molar-refractivity contribution is 8.00. The van der Waals surface area contributed by atoms with Crippen LogP contribution in [0.4, 0.5) is 0 Å². The Balaban J connectivity index is 1.26. The first-order chi connectivity index (χ1) is 54.8. The van der Waals surface area contributed by atoms with Gasteiger partial charge in [-0.25, -0.2) is 4.79 Å². The number of carboxylic acid groups (broad SMARTS) is 3. The van der Waals surface area contributed by atoms with Crippen molar-refractivity contribution in [2.45, 2.75) is 178 Å². The molecule has 44 nitrogen and oxygen atoms in total. The summed E-state index contributed by atoms with van der Waals surface area (Å²) < 4.78 is 5.89. The topological polar surface area (TPSA) is 691 Å². The standard InChI is InChI=1S/C72H92N16O28S/c1-29(78-63(105)32(4)82-70(112)58(36(8)90)86-52(95)27-75-67(109)46(83-37(9)91)17-19-55(99)100)60(102)79-33(5)64(106)85-47(68(110)81-31(3)62(104)77-30(2)61(103)80-34(6)65(107)87-57(35(7)89)69(111)76-26-51(94)84-45(59(73)101)16-18-54(97)98)28-117-50-25-53(96)88(71(50)113)21-20-74-66(108)38-10-13-41(72(114)115)44(22-38)56-42-14-11-39(92)23-48(42)116-49-24-40(93)12-15-43(49)56/h10-15,22-24,29-36,45-47,50,57-58,89-90,92H,16-21,25-28H2,1-9H3,(H2,73,101)(H,74,108)(H,75,109)(H,76,111)(H,77,104)(H,78,105)(H,79,102)(H,80,103)(H,81,110)(H,82,112)(H,83,91)(H,84,94)(H,85,106)(H,86,95)(H,87,107)(H,97,98)(H,99,100)(H,114,115)/t29-,30-,31-,32-,33-,34-,35+,36+,45-,46-,47-,50?,57-,58-/m1/s1. The fourth-order valence-corrected chi connectivity index (χ4v) is 12.3. The molecule has 22 N–H and O–H groups in total. The van der Waals surface area contributed by atoms with Crippen molar-refractivity contribution in [2.75, 3.05) is 31.9 Å². The van der Waals surface area contributed by atoms with Crippen LogP contribution < -0.4 is 85.6 Å². The van der Waals surface area contributed by atoms with Gasteiger partial charge >= 0.3 is 17.9 Å². The predicted molar refractivity (Wildman–Crippen MR) is 406 cm³/mol. The van der Waals surface area contributed by atoms with Gasteiger partial charge in [0.2, 0.25) is 94.5 Å². The number of aromatic hydroxyl groups is 1. The number of hydrogen-bond donors (Lipinski definition) is 21. The Kier molecular flexibility index (Phi) is 35.0. The first-order valence-electron chi connectivity index (χ1n) is 36.0. The highest BCUT2D eigenvalue weighted by atomic mass is 32.2. The molecule has 5 rings (SSSR count). The zero-order valence-corrected chi connectivity index (χ0v) is 65.3. The number of aromatic carboxylic acids is 1. The number of imide groups is 1. The molecule has 0 spiro atoms. The molecular formula is C72H92N16O28S.